The van der Waals surface area contributed by atoms with Crippen LogP contribution in [0.1, 0.15) is 72.2 Å². The van der Waals surface area contributed by atoms with Crippen LogP contribution in [0.15, 0.2) is 30.3 Å². The number of nitrogens with one attached hydrogen (secondary N) is 1. The highest BCUT2D eigenvalue weighted by Gasteiger charge is 2.38. The van der Waals surface area contributed by atoms with Crippen LogP contribution in [0.4, 0.5) is 19.3 Å². The largest absolute Gasteiger partial charge is 0.490 e. The molecule has 9 heteroatoms. The highest BCUT2D eigenvalue weighted by atomic mass is 19.1. The lowest BCUT2D eigenvalue weighted by atomic mass is 9.80. The van der Waals surface area contributed by atoms with E-state index < -0.39 is 29.3 Å². The average Bonchev–Trinajstić information content (AvgIpc) is 3.42. The Balaban J connectivity index is 1.69. The van der Waals surface area contributed by atoms with Crippen molar-refractivity contribution in [3.05, 3.63) is 80.9 Å². The highest BCUT2D eigenvalue weighted by molar-refractivity contribution is 5.91. The molecular formula is C34H38F2N2O5. The second-order valence-corrected chi connectivity index (χ2v) is 12.2. The van der Waals surface area contributed by atoms with E-state index in [0.717, 1.165) is 39.8 Å². The Labute approximate surface area is 251 Å². The smallest absolute Gasteiger partial charge is 0.339 e. The summed E-state index contributed by atoms with van der Waals surface area (Å²) >= 11 is 0. The molecule has 3 aromatic rings. The van der Waals surface area contributed by atoms with Gasteiger partial charge in [-0.2, -0.15) is 0 Å². The van der Waals surface area contributed by atoms with Crippen LogP contribution in [0.2, 0.25) is 0 Å². The molecule has 5 rings (SSSR count). The Kier molecular flexibility index (Phi) is 8.22. The fourth-order valence-electron chi connectivity index (χ4n) is 6.21. The van der Waals surface area contributed by atoms with Gasteiger partial charge in [0.1, 0.15) is 5.82 Å². The van der Waals surface area contributed by atoms with Gasteiger partial charge >= 0.3 is 12.0 Å². The topological polar surface area (TPSA) is 77.1 Å². The van der Waals surface area contributed by atoms with Gasteiger partial charge < -0.3 is 24.4 Å². The molecule has 2 amide bonds. The zero-order chi connectivity index (χ0) is 31.2. The van der Waals surface area contributed by atoms with Gasteiger partial charge in [0.15, 0.2) is 17.7 Å². The molecule has 0 spiro atoms. The van der Waals surface area contributed by atoms with Gasteiger partial charge in [0.05, 0.1) is 19.3 Å². The quantitative estimate of drug-likeness (QED) is 0.311. The predicted octanol–water partition coefficient (Wildman–Crippen LogP) is 7.46. The molecule has 0 unspecified atom stereocenters. The monoisotopic (exact) mass is 592 g/mol. The standard InChI is InChI=1S/C34H38F2N2O5/c1-18-23-12-9-13-42-30(23)27(36)15-24(18)28-19(2)25-16-38(33(40)37-22-11-8-10-21(35)14-22)17-26(25)20(3)29(28)31(32(39)41-7)43-34(4,5)6/h8,10-11,14-15,31H,9,12-13,16-17H2,1-7H3,(H,37,40)/t31-/m0/s1. The number of benzene rings is 3. The third-order valence-corrected chi connectivity index (χ3v) is 8.23. The third-order valence-electron chi connectivity index (χ3n) is 8.23. The van der Waals surface area contributed by atoms with Crippen molar-refractivity contribution in [2.24, 2.45) is 0 Å². The Morgan fingerprint density at radius 2 is 1.70 bits per heavy atom. The first-order valence-corrected chi connectivity index (χ1v) is 14.5. The Morgan fingerprint density at radius 1 is 1.00 bits per heavy atom. The molecule has 0 radical (unpaired) electrons. The van der Waals surface area contributed by atoms with Crippen molar-refractivity contribution in [2.75, 3.05) is 19.0 Å². The molecule has 7 nitrogen and oxygen atoms in total. The summed E-state index contributed by atoms with van der Waals surface area (Å²) in [4.78, 5) is 28.3. The number of anilines is 1. The number of esters is 1. The Bertz CT molecular complexity index is 1610. The molecule has 1 atom stereocenters. The number of rotatable bonds is 5. The second kappa shape index (κ2) is 11.6. The number of urea groups is 1. The summed E-state index contributed by atoms with van der Waals surface area (Å²) in [6.45, 7) is 12.4. The van der Waals surface area contributed by atoms with Gasteiger partial charge in [-0.05, 0) is 118 Å². The number of halogens is 2. The van der Waals surface area contributed by atoms with Crippen LogP contribution in [0.25, 0.3) is 11.1 Å². The average molecular weight is 593 g/mol. The maximum absolute atomic E-state index is 15.6. The number of nitrogens with zero attached hydrogens (tertiary/aromatic N) is 1. The van der Waals surface area contributed by atoms with Crippen molar-refractivity contribution in [3.63, 3.8) is 0 Å². The van der Waals surface area contributed by atoms with Crippen LogP contribution in [-0.2, 0) is 33.8 Å². The molecule has 43 heavy (non-hydrogen) atoms. The van der Waals surface area contributed by atoms with E-state index in [2.05, 4.69) is 5.32 Å². The summed E-state index contributed by atoms with van der Waals surface area (Å²) in [6.07, 6.45) is 0.352. The van der Waals surface area contributed by atoms with E-state index in [-0.39, 0.29) is 24.9 Å². The molecule has 0 bridgehead atoms. The van der Waals surface area contributed by atoms with E-state index in [4.69, 9.17) is 14.2 Å². The molecule has 2 heterocycles. The van der Waals surface area contributed by atoms with E-state index in [0.29, 0.717) is 35.4 Å². The Hall–Kier alpha value is -3.98. The van der Waals surface area contributed by atoms with Crippen LogP contribution < -0.4 is 10.1 Å². The van der Waals surface area contributed by atoms with E-state index in [1.807, 2.05) is 41.5 Å². The van der Waals surface area contributed by atoms with Crippen LogP contribution in [0, 0.1) is 32.4 Å². The molecule has 0 aromatic heterocycles. The molecule has 228 valence electrons. The summed E-state index contributed by atoms with van der Waals surface area (Å²) in [5.41, 5.74) is 6.64. The van der Waals surface area contributed by atoms with E-state index in [1.54, 1.807) is 11.0 Å². The van der Waals surface area contributed by atoms with E-state index in [9.17, 15) is 14.0 Å². The van der Waals surface area contributed by atoms with Gasteiger partial charge in [0.2, 0.25) is 0 Å². The molecule has 1 N–H and O–H groups in total. The molecule has 2 aliphatic rings. The van der Waals surface area contributed by atoms with Crippen LogP contribution in [0.5, 0.6) is 5.75 Å². The minimum Gasteiger partial charge on any atom is -0.490 e. The fourth-order valence-corrected chi connectivity index (χ4v) is 6.21. The summed E-state index contributed by atoms with van der Waals surface area (Å²) < 4.78 is 46.7. The molecule has 2 aliphatic heterocycles. The zero-order valence-electron chi connectivity index (χ0n) is 25.7. The lowest BCUT2D eigenvalue weighted by Crippen LogP contribution is -2.30. The summed E-state index contributed by atoms with van der Waals surface area (Å²) in [7, 11) is 1.32. The highest BCUT2D eigenvalue weighted by Crippen LogP contribution is 2.47. The summed E-state index contributed by atoms with van der Waals surface area (Å²) in [5, 5.41) is 2.78. The first kappa shape index (κ1) is 30.5. The Morgan fingerprint density at radius 3 is 2.35 bits per heavy atom. The number of hydrogen-bond donors (Lipinski definition) is 1. The number of methoxy groups -OCH3 is 1. The first-order valence-electron chi connectivity index (χ1n) is 14.5. The van der Waals surface area contributed by atoms with Gasteiger partial charge in [0.25, 0.3) is 0 Å². The molecule has 0 saturated heterocycles. The van der Waals surface area contributed by atoms with Gasteiger partial charge in [0, 0.05) is 29.9 Å². The number of ether oxygens (including phenoxy) is 3. The normalized spacial score (nSPS) is 15.0. The van der Waals surface area contributed by atoms with Gasteiger partial charge in [-0.1, -0.05) is 6.07 Å². The third kappa shape index (κ3) is 5.83. The van der Waals surface area contributed by atoms with Crippen molar-refractivity contribution < 1.29 is 32.6 Å². The lowest BCUT2D eigenvalue weighted by Gasteiger charge is -2.31. The van der Waals surface area contributed by atoms with Crippen LogP contribution in [-0.4, -0.2) is 36.2 Å². The lowest BCUT2D eigenvalue weighted by molar-refractivity contribution is -0.164. The van der Waals surface area contributed by atoms with Crippen molar-refractivity contribution in [3.8, 4) is 16.9 Å². The second-order valence-electron chi connectivity index (χ2n) is 12.2. The molecular weight excluding hydrogens is 554 g/mol. The number of carbonyl (C=O) groups excluding carboxylic acids is 2. The minimum atomic E-state index is -1.10. The van der Waals surface area contributed by atoms with Gasteiger partial charge in [-0.15, -0.1) is 0 Å². The molecule has 0 fully saturated rings. The number of amides is 2. The van der Waals surface area contributed by atoms with E-state index >= 15 is 4.39 Å². The maximum atomic E-state index is 15.6. The number of hydrogen-bond acceptors (Lipinski definition) is 5. The van der Waals surface area contributed by atoms with Crippen LogP contribution >= 0.6 is 0 Å². The maximum Gasteiger partial charge on any atom is 0.339 e. The SMILES string of the molecule is COC(=O)[C@@H](OC(C)(C)C)c1c(C)c2c(c(C)c1-c1cc(F)c3c(c1C)CCCO3)CN(C(=O)Nc1cccc(F)c1)C2. The molecule has 0 aliphatic carbocycles. The van der Waals surface area contributed by atoms with Crippen molar-refractivity contribution in [1.29, 1.82) is 0 Å². The fraction of sp³-hybridized carbons (Fsp3) is 0.412. The zero-order valence-corrected chi connectivity index (χ0v) is 25.7. The van der Waals surface area contributed by atoms with Gasteiger partial charge in [-0.3, -0.25) is 0 Å². The number of fused-ring (bicyclic) bond motifs is 2. The molecule has 0 saturated carbocycles. The molecule has 3 aromatic carbocycles. The van der Waals surface area contributed by atoms with Crippen molar-refractivity contribution in [2.45, 2.75) is 79.2 Å². The first-order chi connectivity index (χ1) is 20.3. The number of carbonyl (C=O) groups is 2. The van der Waals surface area contributed by atoms with Crippen LogP contribution in [0.3, 0.4) is 0 Å². The van der Waals surface area contributed by atoms with Crippen molar-refractivity contribution >= 4 is 17.7 Å². The summed E-state index contributed by atoms with van der Waals surface area (Å²) in [5.74, 6) is -1.20. The summed E-state index contributed by atoms with van der Waals surface area (Å²) in [6, 6.07) is 6.82. The minimum absolute atomic E-state index is 0.269. The van der Waals surface area contributed by atoms with Crippen molar-refractivity contribution in [1.82, 2.24) is 4.90 Å². The van der Waals surface area contributed by atoms with Gasteiger partial charge in [-0.25, -0.2) is 18.4 Å². The van der Waals surface area contributed by atoms with E-state index in [1.165, 1.54) is 31.4 Å². The predicted molar refractivity (Wildman–Crippen MR) is 160 cm³/mol.